The summed E-state index contributed by atoms with van der Waals surface area (Å²) in [6, 6.07) is 6.13. The van der Waals surface area contributed by atoms with E-state index in [4.69, 9.17) is 0 Å². The van der Waals surface area contributed by atoms with E-state index in [2.05, 4.69) is 10.4 Å². The Morgan fingerprint density at radius 1 is 1.29 bits per heavy atom. The third-order valence-electron chi connectivity index (χ3n) is 3.83. The van der Waals surface area contributed by atoms with Crippen molar-refractivity contribution in [1.29, 1.82) is 0 Å². The first-order chi connectivity index (χ1) is 11.2. The van der Waals surface area contributed by atoms with Crippen LogP contribution >= 0.6 is 0 Å². The molecule has 1 aromatic heterocycles. The first-order valence-electron chi connectivity index (χ1n) is 7.92. The normalized spacial score (nSPS) is 13.0. The minimum atomic E-state index is -3.33. The Bertz CT molecular complexity index is 825. The number of nitrogens with one attached hydrogen (secondary N) is 1. The number of nitrogens with zero attached hydrogens (tertiary/aromatic N) is 2. The highest BCUT2D eigenvalue weighted by atomic mass is 32.2. The highest BCUT2D eigenvalue weighted by Gasteiger charge is 2.17. The standard InChI is InChI=1S/C17H23N3O3S/c1-5-24(22,23)16-8-6-7-14(9-16)17(21)19-13(4)15-10-18-20(11-15)12(2)3/h6-13H,5H2,1-4H3,(H,19,21). The van der Waals surface area contributed by atoms with E-state index in [9.17, 15) is 13.2 Å². The fraction of sp³-hybridized carbons (Fsp3) is 0.412. The lowest BCUT2D eigenvalue weighted by atomic mass is 10.1. The molecule has 1 heterocycles. The first kappa shape index (κ1) is 18.2. The molecule has 0 fully saturated rings. The van der Waals surface area contributed by atoms with Gasteiger partial charge in [0.1, 0.15) is 0 Å². The monoisotopic (exact) mass is 349 g/mol. The molecule has 24 heavy (non-hydrogen) atoms. The van der Waals surface area contributed by atoms with Crippen molar-refractivity contribution < 1.29 is 13.2 Å². The van der Waals surface area contributed by atoms with E-state index in [-0.39, 0.29) is 28.6 Å². The van der Waals surface area contributed by atoms with Crippen LogP contribution in [0, 0.1) is 0 Å². The molecule has 2 rings (SSSR count). The molecular weight excluding hydrogens is 326 g/mol. The van der Waals surface area contributed by atoms with E-state index in [1.54, 1.807) is 25.3 Å². The summed E-state index contributed by atoms with van der Waals surface area (Å²) in [6.07, 6.45) is 3.62. The molecule has 1 N–H and O–H groups in total. The molecule has 0 aliphatic heterocycles. The molecule has 1 atom stereocenters. The van der Waals surface area contributed by atoms with Gasteiger partial charge in [-0.2, -0.15) is 5.10 Å². The quantitative estimate of drug-likeness (QED) is 0.869. The summed E-state index contributed by atoms with van der Waals surface area (Å²) in [6.45, 7) is 7.50. The molecule has 2 aromatic rings. The minimum absolute atomic E-state index is 0.00284. The number of rotatable bonds is 6. The van der Waals surface area contributed by atoms with Crippen molar-refractivity contribution in [3.63, 3.8) is 0 Å². The second kappa shape index (κ2) is 7.17. The molecular formula is C17H23N3O3S. The van der Waals surface area contributed by atoms with Crippen LogP contribution in [-0.4, -0.2) is 29.9 Å². The lowest BCUT2D eigenvalue weighted by molar-refractivity contribution is 0.0939. The molecule has 0 saturated heterocycles. The largest absolute Gasteiger partial charge is 0.345 e. The average Bonchev–Trinajstić information content (AvgIpc) is 3.05. The molecule has 0 bridgehead atoms. The molecule has 0 spiro atoms. The van der Waals surface area contributed by atoms with Crippen LogP contribution in [0.4, 0.5) is 0 Å². The van der Waals surface area contributed by atoms with Crippen molar-refractivity contribution in [2.75, 3.05) is 5.75 Å². The zero-order valence-corrected chi connectivity index (χ0v) is 15.2. The highest BCUT2D eigenvalue weighted by Crippen LogP contribution is 2.16. The Morgan fingerprint density at radius 2 is 2.00 bits per heavy atom. The van der Waals surface area contributed by atoms with Crippen LogP contribution in [-0.2, 0) is 9.84 Å². The fourth-order valence-electron chi connectivity index (χ4n) is 2.22. The number of benzene rings is 1. The zero-order valence-electron chi connectivity index (χ0n) is 14.4. The van der Waals surface area contributed by atoms with Gasteiger partial charge in [-0.1, -0.05) is 13.0 Å². The molecule has 130 valence electrons. The van der Waals surface area contributed by atoms with Gasteiger partial charge >= 0.3 is 0 Å². The third-order valence-corrected chi connectivity index (χ3v) is 5.57. The molecule has 1 amide bonds. The maximum absolute atomic E-state index is 12.4. The Balaban J connectivity index is 2.16. The number of hydrogen-bond donors (Lipinski definition) is 1. The number of carbonyl (C=O) groups excluding carboxylic acids is 1. The van der Waals surface area contributed by atoms with Crippen molar-refractivity contribution in [3.8, 4) is 0 Å². The van der Waals surface area contributed by atoms with E-state index in [1.807, 2.05) is 31.6 Å². The summed E-state index contributed by atoms with van der Waals surface area (Å²) in [5.41, 5.74) is 1.22. The van der Waals surface area contributed by atoms with Gasteiger partial charge in [0.2, 0.25) is 0 Å². The molecule has 1 aromatic carbocycles. The van der Waals surface area contributed by atoms with Gasteiger partial charge < -0.3 is 5.32 Å². The highest BCUT2D eigenvalue weighted by molar-refractivity contribution is 7.91. The average molecular weight is 349 g/mol. The van der Waals surface area contributed by atoms with Crippen molar-refractivity contribution in [2.24, 2.45) is 0 Å². The van der Waals surface area contributed by atoms with Gasteiger partial charge in [0.15, 0.2) is 9.84 Å². The maximum Gasteiger partial charge on any atom is 0.251 e. The lowest BCUT2D eigenvalue weighted by Crippen LogP contribution is -2.26. The Hall–Kier alpha value is -2.15. The van der Waals surface area contributed by atoms with Crippen molar-refractivity contribution >= 4 is 15.7 Å². The van der Waals surface area contributed by atoms with Gasteiger partial charge in [0, 0.05) is 23.4 Å². The third kappa shape index (κ3) is 4.03. The summed E-state index contributed by atoms with van der Waals surface area (Å²) in [7, 11) is -3.33. The van der Waals surface area contributed by atoms with Crippen LogP contribution in [0.25, 0.3) is 0 Å². The Labute approximate surface area is 142 Å². The fourth-order valence-corrected chi connectivity index (χ4v) is 3.15. The first-order valence-corrected chi connectivity index (χ1v) is 9.57. The molecule has 6 nitrogen and oxygen atoms in total. The summed E-state index contributed by atoms with van der Waals surface area (Å²) in [5, 5.41) is 7.13. The Morgan fingerprint density at radius 3 is 2.58 bits per heavy atom. The van der Waals surface area contributed by atoms with Crippen LogP contribution in [0.15, 0.2) is 41.6 Å². The van der Waals surface area contributed by atoms with Gasteiger partial charge in [-0.15, -0.1) is 0 Å². The molecule has 7 heteroatoms. The van der Waals surface area contributed by atoms with E-state index in [0.717, 1.165) is 5.56 Å². The summed E-state index contributed by atoms with van der Waals surface area (Å²) >= 11 is 0. The van der Waals surface area contributed by atoms with Crippen LogP contribution in [0.5, 0.6) is 0 Å². The summed E-state index contributed by atoms with van der Waals surface area (Å²) in [5.74, 6) is -0.309. The molecule has 0 radical (unpaired) electrons. The second-order valence-corrected chi connectivity index (χ2v) is 8.25. The van der Waals surface area contributed by atoms with E-state index in [1.165, 1.54) is 12.1 Å². The van der Waals surface area contributed by atoms with Crippen molar-refractivity contribution in [3.05, 3.63) is 47.8 Å². The van der Waals surface area contributed by atoms with Crippen LogP contribution in [0.1, 0.15) is 55.7 Å². The van der Waals surface area contributed by atoms with Gasteiger partial charge in [-0.05, 0) is 39.0 Å². The van der Waals surface area contributed by atoms with Gasteiger partial charge in [0.05, 0.1) is 22.9 Å². The van der Waals surface area contributed by atoms with Crippen molar-refractivity contribution in [1.82, 2.24) is 15.1 Å². The van der Waals surface area contributed by atoms with E-state index < -0.39 is 9.84 Å². The zero-order chi connectivity index (χ0) is 17.9. The molecule has 0 saturated carbocycles. The smallest absolute Gasteiger partial charge is 0.251 e. The maximum atomic E-state index is 12.4. The van der Waals surface area contributed by atoms with Gasteiger partial charge in [-0.25, -0.2) is 8.42 Å². The number of hydrogen-bond acceptors (Lipinski definition) is 4. The van der Waals surface area contributed by atoms with E-state index >= 15 is 0 Å². The minimum Gasteiger partial charge on any atom is -0.345 e. The predicted octanol–water partition coefficient (Wildman–Crippen LogP) is 2.75. The van der Waals surface area contributed by atoms with Gasteiger partial charge in [-0.3, -0.25) is 9.48 Å². The summed E-state index contributed by atoms with van der Waals surface area (Å²) in [4.78, 5) is 12.6. The van der Waals surface area contributed by atoms with Crippen LogP contribution < -0.4 is 5.32 Å². The number of sulfone groups is 1. The van der Waals surface area contributed by atoms with Gasteiger partial charge in [0.25, 0.3) is 5.91 Å². The van der Waals surface area contributed by atoms with Crippen LogP contribution in [0.3, 0.4) is 0 Å². The van der Waals surface area contributed by atoms with Crippen molar-refractivity contribution in [2.45, 2.75) is 44.7 Å². The SMILES string of the molecule is CCS(=O)(=O)c1cccc(C(=O)NC(C)c2cnn(C(C)C)c2)c1. The summed E-state index contributed by atoms with van der Waals surface area (Å²) < 4.78 is 25.7. The molecule has 0 aliphatic rings. The second-order valence-electron chi connectivity index (χ2n) is 5.97. The number of carbonyl (C=O) groups is 1. The Kier molecular flexibility index (Phi) is 5.43. The molecule has 1 unspecified atom stereocenters. The van der Waals surface area contributed by atoms with Crippen LogP contribution in [0.2, 0.25) is 0 Å². The predicted molar refractivity (Wildman–Crippen MR) is 92.7 cm³/mol. The number of amides is 1. The molecule has 0 aliphatic carbocycles. The topological polar surface area (TPSA) is 81.1 Å². The lowest BCUT2D eigenvalue weighted by Gasteiger charge is -2.13. The number of aromatic nitrogens is 2. The van der Waals surface area contributed by atoms with E-state index in [0.29, 0.717) is 5.56 Å².